The Morgan fingerprint density at radius 3 is 2.41 bits per heavy atom. The number of sulfonamides is 1. The molecule has 0 saturated heterocycles. The van der Waals surface area contributed by atoms with Crippen LogP contribution < -0.4 is 14.2 Å². The second-order valence-corrected chi connectivity index (χ2v) is 6.02. The van der Waals surface area contributed by atoms with Gasteiger partial charge in [0.25, 0.3) is 0 Å². The highest BCUT2D eigenvalue weighted by Gasteiger charge is 2.17. The van der Waals surface area contributed by atoms with Gasteiger partial charge in [0.2, 0.25) is 10.0 Å². The van der Waals surface area contributed by atoms with Crippen LogP contribution in [-0.2, 0) is 10.0 Å². The lowest BCUT2D eigenvalue weighted by atomic mass is 10.2. The lowest BCUT2D eigenvalue weighted by molar-refractivity contribution is 0.171. The number of hydrogen-bond acceptors (Lipinski definition) is 4. The van der Waals surface area contributed by atoms with E-state index in [1.54, 1.807) is 0 Å². The summed E-state index contributed by atoms with van der Waals surface area (Å²) in [5, 5.41) is -0.319. The summed E-state index contributed by atoms with van der Waals surface area (Å²) in [6.45, 7) is 0.854. The molecule has 0 unspecified atom stereocenters. The molecule has 1 aromatic carbocycles. The molecule has 1 aliphatic heterocycles. The molecular weight excluding hydrogens is 289 g/mol. The third-order valence-corrected chi connectivity index (χ3v) is 4.03. The van der Waals surface area contributed by atoms with Gasteiger partial charge in [-0.2, -0.15) is 0 Å². The molecule has 17 heavy (non-hydrogen) atoms. The van der Waals surface area contributed by atoms with Gasteiger partial charge in [-0.3, -0.25) is 4.72 Å². The summed E-state index contributed by atoms with van der Waals surface area (Å²) in [6.07, 6.45) is 0. The molecule has 0 saturated carbocycles. The van der Waals surface area contributed by atoms with Crippen molar-refractivity contribution >= 4 is 38.9 Å². The first-order valence-electron chi connectivity index (χ1n) is 4.67. The zero-order chi connectivity index (χ0) is 12.5. The Bertz CT molecular complexity index is 532. The van der Waals surface area contributed by atoms with Gasteiger partial charge in [0.1, 0.15) is 18.4 Å². The van der Waals surface area contributed by atoms with Crippen LogP contribution >= 0.6 is 23.2 Å². The van der Waals surface area contributed by atoms with Gasteiger partial charge < -0.3 is 9.47 Å². The maximum absolute atomic E-state index is 11.3. The fraction of sp³-hybridized carbons (Fsp3) is 0.333. The second-order valence-electron chi connectivity index (χ2n) is 3.30. The minimum absolute atomic E-state index is 0.219. The molecule has 0 amide bonds. The lowest BCUT2D eigenvalue weighted by Gasteiger charge is -2.20. The van der Waals surface area contributed by atoms with Gasteiger partial charge in [-0.25, -0.2) is 8.42 Å². The number of benzene rings is 1. The van der Waals surface area contributed by atoms with E-state index in [0.29, 0.717) is 24.7 Å². The van der Waals surface area contributed by atoms with Crippen LogP contribution in [0.2, 0.25) is 5.02 Å². The number of anilines is 1. The van der Waals surface area contributed by atoms with Crippen LogP contribution in [0.15, 0.2) is 12.1 Å². The average Bonchev–Trinajstić information content (AvgIpc) is 2.30. The maximum atomic E-state index is 11.3. The number of halogens is 2. The zero-order valence-corrected chi connectivity index (χ0v) is 10.9. The molecule has 0 aromatic heterocycles. The summed E-state index contributed by atoms with van der Waals surface area (Å²) in [6, 6.07) is 2.98. The molecule has 1 aromatic rings. The van der Waals surface area contributed by atoms with Crippen molar-refractivity contribution in [2.75, 3.05) is 23.1 Å². The van der Waals surface area contributed by atoms with Crippen molar-refractivity contribution in [2.24, 2.45) is 0 Å². The van der Waals surface area contributed by atoms with E-state index >= 15 is 0 Å². The predicted octanol–water partition coefficient (Wildman–Crippen LogP) is 2.05. The lowest BCUT2D eigenvalue weighted by Crippen LogP contribution is -2.17. The van der Waals surface area contributed by atoms with Gasteiger partial charge >= 0.3 is 0 Å². The summed E-state index contributed by atoms with van der Waals surface area (Å²) >= 11 is 11.2. The highest BCUT2D eigenvalue weighted by atomic mass is 35.5. The molecule has 0 atom stereocenters. The molecule has 0 bridgehead atoms. The van der Waals surface area contributed by atoms with Gasteiger partial charge in [-0.05, 0) is 0 Å². The number of alkyl halides is 1. The first-order valence-corrected chi connectivity index (χ1v) is 7.24. The first-order chi connectivity index (χ1) is 8.02. The normalized spacial score (nSPS) is 14.5. The Labute approximate surface area is 109 Å². The van der Waals surface area contributed by atoms with Crippen molar-refractivity contribution in [3.63, 3.8) is 0 Å². The van der Waals surface area contributed by atoms with E-state index in [2.05, 4.69) is 4.72 Å². The van der Waals surface area contributed by atoms with E-state index in [9.17, 15) is 8.42 Å². The van der Waals surface area contributed by atoms with Crippen LogP contribution in [0.25, 0.3) is 0 Å². The number of fused-ring (bicyclic) bond motifs is 1. The van der Waals surface area contributed by atoms with Crippen molar-refractivity contribution in [1.82, 2.24) is 0 Å². The Morgan fingerprint density at radius 2 is 1.82 bits per heavy atom. The smallest absolute Gasteiger partial charge is 0.246 e. The summed E-state index contributed by atoms with van der Waals surface area (Å²) in [7, 11) is -3.59. The molecule has 1 N–H and O–H groups in total. The van der Waals surface area contributed by atoms with Crippen LogP contribution in [0.3, 0.4) is 0 Å². The highest BCUT2D eigenvalue weighted by molar-refractivity contribution is 7.93. The Hall–Kier alpha value is -0.850. The molecule has 0 aliphatic carbocycles. The molecular formula is C9H9Cl2NO4S. The van der Waals surface area contributed by atoms with Gasteiger partial charge in [0.15, 0.2) is 11.5 Å². The summed E-state index contributed by atoms with van der Waals surface area (Å²) < 4.78 is 35.5. The SMILES string of the molecule is O=S(=O)(CCl)Nc1cc2c(cc1Cl)OCCO2. The van der Waals surface area contributed by atoms with Crippen LogP contribution in [0.4, 0.5) is 5.69 Å². The van der Waals surface area contributed by atoms with E-state index in [0.717, 1.165) is 0 Å². The van der Waals surface area contributed by atoms with Crippen LogP contribution in [0.1, 0.15) is 0 Å². The fourth-order valence-corrected chi connectivity index (χ4v) is 2.32. The molecule has 5 nitrogen and oxygen atoms in total. The molecule has 1 heterocycles. The van der Waals surface area contributed by atoms with Crippen LogP contribution in [0.5, 0.6) is 11.5 Å². The van der Waals surface area contributed by atoms with Crippen LogP contribution in [0, 0.1) is 0 Å². The third kappa shape index (κ3) is 2.88. The molecule has 1 aliphatic rings. The summed E-state index contributed by atoms with van der Waals surface area (Å²) in [5.74, 6) is 0.947. The van der Waals surface area contributed by atoms with E-state index in [1.165, 1.54) is 12.1 Å². The number of hydrogen-bond donors (Lipinski definition) is 1. The number of nitrogens with one attached hydrogen (secondary N) is 1. The quantitative estimate of drug-likeness (QED) is 0.867. The van der Waals surface area contributed by atoms with Crippen molar-refractivity contribution in [3.8, 4) is 11.5 Å². The highest BCUT2D eigenvalue weighted by Crippen LogP contribution is 2.38. The van der Waals surface area contributed by atoms with E-state index in [-0.39, 0.29) is 10.7 Å². The second kappa shape index (κ2) is 4.80. The third-order valence-electron chi connectivity index (χ3n) is 2.04. The van der Waals surface area contributed by atoms with Gasteiger partial charge in [0.05, 0.1) is 10.7 Å². The van der Waals surface area contributed by atoms with Crippen molar-refractivity contribution in [3.05, 3.63) is 17.2 Å². The van der Waals surface area contributed by atoms with E-state index in [4.69, 9.17) is 32.7 Å². The largest absolute Gasteiger partial charge is 0.486 e. The Kier molecular flexibility index (Phi) is 3.56. The zero-order valence-electron chi connectivity index (χ0n) is 8.57. The minimum Gasteiger partial charge on any atom is -0.486 e. The molecule has 0 spiro atoms. The molecule has 0 radical (unpaired) electrons. The Balaban J connectivity index is 2.35. The summed E-state index contributed by atoms with van der Waals surface area (Å²) in [4.78, 5) is 0. The average molecular weight is 298 g/mol. The Morgan fingerprint density at radius 1 is 1.24 bits per heavy atom. The first kappa shape index (κ1) is 12.6. The topological polar surface area (TPSA) is 64.6 Å². The fourth-order valence-electron chi connectivity index (χ4n) is 1.34. The van der Waals surface area contributed by atoms with Gasteiger partial charge in [-0.1, -0.05) is 11.6 Å². The molecule has 94 valence electrons. The van der Waals surface area contributed by atoms with Crippen LogP contribution in [-0.4, -0.2) is 26.8 Å². The van der Waals surface area contributed by atoms with Crippen molar-refractivity contribution in [2.45, 2.75) is 0 Å². The van der Waals surface area contributed by atoms with E-state index < -0.39 is 15.2 Å². The van der Waals surface area contributed by atoms with Crippen molar-refractivity contribution in [1.29, 1.82) is 0 Å². The minimum atomic E-state index is -3.59. The number of rotatable bonds is 3. The predicted molar refractivity (Wildman–Crippen MR) is 65.7 cm³/mol. The van der Waals surface area contributed by atoms with E-state index in [1.807, 2.05) is 0 Å². The maximum Gasteiger partial charge on any atom is 0.246 e. The summed E-state index contributed by atoms with van der Waals surface area (Å²) in [5.41, 5.74) is 0.219. The standard InChI is InChI=1S/C9H9Cl2NO4S/c10-5-17(13,14)12-7-4-9-8(3-6(7)11)15-1-2-16-9/h3-4,12H,1-2,5H2. The molecule has 8 heteroatoms. The van der Waals surface area contributed by atoms with Crippen molar-refractivity contribution < 1.29 is 17.9 Å². The van der Waals surface area contributed by atoms with Gasteiger partial charge in [-0.15, -0.1) is 11.6 Å². The van der Waals surface area contributed by atoms with Gasteiger partial charge in [0, 0.05) is 12.1 Å². The monoisotopic (exact) mass is 297 g/mol. The molecule has 0 fully saturated rings. The molecule has 2 rings (SSSR count). The number of ether oxygens (including phenoxy) is 2.